The zero-order valence-corrected chi connectivity index (χ0v) is 39.7. The molecule has 0 heterocycles. The van der Waals surface area contributed by atoms with E-state index in [1.165, 1.54) is 94.2 Å². The van der Waals surface area contributed by atoms with Crippen molar-refractivity contribution < 1.29 is 0 Å². The van der Waals surface area contributed by atoms with Crippen LogP contribution in [0.5, 0.6) is 0 Å². The molecule has 1 nitrogen and oxygen atoms in total. The second-order valence-electron chi connectivity index (χ2n) is 18.8. The molecule has 0 spiro atoms. The summed E-state index contributed by atoms with van der Waals surface area (Å²) in [6.07, 6.45) is 0. The maximum Gasteiger partial charge on any atom is 0.0713 e. The molecule has 1 aliphatic carbocycles. The van der Waals surface area contributed by atoms with Gasteiger partial charge in [-0.2, -0.15) is 0 Å². The molecule has 0 fully saturated rings. The van der Waals surface area contributed by atoms with Gasteiger partial charge in [0.25, 0.3) is 0 Å². The van der Waals surface area contributed by atoms with Crippen molar-refractivity contribution in [3.8, 4) is 66.8 Å². The van der Waals surface area contributed by atoms with E-state index >= 15 is 0 Å². The first-order valence-electron chi connectivity index (χ1n) is 24.9. The van der Waals surface area contributed by atoms with E-state index in [4.69, 9.17) is 0 Å². The molecule has 13 rings (SSSR count). The summed E-state index contributed by atoms with van der Waals surface area (Å²) < 4.78 is 0. The maximum atomic E-state index is 2.40. The van der Waals surface area contributed by atoms with E-state index in [0.717, 1.165) is 22.6 Å². The zero-order valence-electron chi connectivity index (χ0n) is 39.7. The lowest BCUT2D eigenvalue weighted by molar-refractivity contribution is 0.768. The molecule has 0 unspecified atom stereocenters. The van der Waals surface area contributed by atoms with E-state index in [0.29, 0.717) is 0 Å². The summed E-state index contributed by atoms with van der Waals surface area (Å²) in [4.78, 5) is 2.40. The topological polar surface area (TPSA) is 3.24 Å². The van der Waals surface area contributed by atoms with Crippen LogP contribution in [-0.2, 0) is 5.41 Å². The minimum Gasteiger partial charge on any atom is -0.310 e. The summed E-state index contributed by atoms with van der Waals surface area (Å²) in [5.41, 5.74) is 22.4. The van der Waals surface area contributed by atoms with Crippen LogP contribution < -0.4 is 4.90 Å². The molecule has 1 aliphatic rings. The summed E-state index contributed by atoms with van der Waals surface area (Å²) >= 11 is 0. The zero-order chi connectivity index (χ0) is 47.8. The second-order valence-corrected chi connectivity index (χ2v) is 18.8. The third-order valence-corrected chi connectivity index (χ3v) is 14.8. The van der Waals surface area contributed by atoms with Crippen LogP contribution in [0, 0.1) is 0 Å². The SMILES string of the molecule is c1ccc(-c2ccccc2-c2cccc(N(c3ccc(-c4cccc(-c5ccc6ccccc6c5)c4)cc3)c3ccc(-c4cccc5c4-c4ccccc4C5(c4ccccc4)c4ccccc4)cc3)c2)cc1. The molecular weight excluding hydrogens is 867 g/mol. The predicted molar refractivity (Wildman–Crippen MR) is 303 cm³/mol. The van der Waals surface area contributed by atoms with Crippen molar-refractivity contribution in [1.29, 1.82) is 0 Å². The van der Waals surface area contributed by atoms with E-state index < -0.39 is 5.41 Å². The van der Waals surface area contributed by atoms with Gasteiger partial charge < -0.3 is 4.90 Å². The smallest absolute Gasteiger partial charge is 0.0713 e. The Balaban J connectivity index is 0.920. The van der Waals surface area contributed by atoms with Gasteiger partial charge in [0.2, 0.25) is 0 Å². The van der Waals surface area contributed by atoms with Gasteiger partial charge in [-0.15, -0.1) is 0 Å². The van der Waals surface area contributed by atoms with E-state index in [1.807, 2.05) is 0 Å². The van der Waals surface area contributed by atoms with Crippen LogP contribution in [0.4, 0.5) is 17.1 Å². The number of fused-ring (bicyclic) bond motifs is 4. The first kappa shape index (κ1) is 42.8. The maximum absolute atomic E-state index is 2.40. The summed E-state index contributed by atoms with van der Waals surface area (Å²) in [6, 6.07) is 109. The number of hydrogen-bond donors (Lipinski definition) is 0. The molecule has 0 atom stereocenters. The highest BCUT2D eigenvalue weighted by atomic mass is 15.1. The number of rotatable bonds is 10. The fraction of sp³-hybridized carbons (Fsp3) is 0.0141. The van der Waals surface area contributed by atoms with E-state index in [9.17, 15) is 0 Å². The summed E-state index contributed by atoms with van der Waals surface area (Å²) in [5, 5.41) is 2.50. The van der Waals surface area contributed by atoms with Crippen LogP contribution in [0.1, 0.15) is 22.3 Å². The van der Waals surface area contributed by atoms with E-state index in [-0.39, 0.29) is 0 Å². The first-order chi connectivity index (χ1) is 35.7. The average molecular weight is 916 g/mol. The van der Waals surface area contributed by atoms with Crippen molar-refractivity contribution in [2.45, 2.75) is 5.41 Å². The van der Waals surface area contributed by atoms with Gasteiger partial charge in [-0.1, -0.05) is 249 Å². The molecule has 0 N–H and O–H groups in total. The van der Waals surface area contributed by atoms with Crippen molar-refractivity contribution in [3.63, 3.8) is 0 Å². The Hall–Kier alpha value is -9.30. The van der Waals surface area contributed by atoms with Crippen LogP contribution in [-0.4, -0.2) is 0 Å². The molecule has 0 aromatic heterocycles. The molecule has 72 heavy (non-hydrogen) atoms. The van der Waals surface area contributed by atoms with Gasteiger partial charge >= 0.3 is 0 Å². The lowest BCUT2D eigenvalue weighted by atomic mass is 9.67. The predicted octanol–water partition coefficient (Wildman–Crippen LogP) is 19.0. The molecule has 0 bridgehead atoms. The van der Waals surface area contributed by atoms with Gasteiger partial charge in [0.05, 0.1) is 5.41 Å². The molecule has 1 heteroatoms. The van der Waals surface area contributed by atoms with Gasteiger partial charge in [0.15, 0.2) is 0 Å². The van der Waals surface area contributed by atoms with Crippen LogP contribution in [0.15, 0.2) is 297 Å². The van der Waals surface area contributed by atoms with Crippen molar-refractivity contribution in [2.75, 3.05) is 4.90 Å². The molecule has 12 aromatic rings. The Bertz CT molecular complexity index is 3850. The molecule has 0 aliphatic heterocycles. The van der Waals surface area contributed by atoms with Crippen LogP contribution in [0.3, 0.4) is 0 Å². The molecule has 0 radical (unpaired) electrons. The Morgan fingerprint density at radius 2 is 0.667 bits per heavy atom. The number of benzene rings is 12. The summed E-state index contributed by atoms with van der Waals surface area (Å²) in [7, 11) is 0. The van der Waals surface area contributed by atoms with Crippen molar-refractivity contribution in [2.24, 2.45) is 0 Å². The Morgan fingerprint density at radius 3 is 1.36 bits per heavy atom. The monoisotopic (exact) mass is 915 g/mol. The van der Waals surface area contributed by atoms with Crippen molar-refractivity contribution in [1.82, 2.24) is 0 Å². The first-order valence-corrected chi connectivity index (χ1v) is 24.9. The largest absolute Gasteiger partial charge is 0.310 e. The van der Waals surface area contributed by atoms with E-state index in [1.54, 1.807) is 0 Å². The molecule has 12 aromatic carbocycles. The molecule has 338 valence electrons. The highest BCUT2D eigenvalue weighted by molar-refractivity contribution is 5.96. The van der Waals surface area contributed by atoms with Crippen LogP contribution in [0.2, 0.25) is 0 Å². The number of nitrogens with zero attached hydrogens (tertiary/aromatic N) is 1. The highest BCUT2D eigenvalue weighted by Gasteiger charge is 2.46. The minimum atomic E-state index is -0.463. The quantitative estimate of drug-likeness (QED) is 0.132. The van der Waals surface area contributed by atoms with Crippen LogP contribution >= 0.6 is 0 Å². The lowest BCUT2D eigenvalue weighted by Gasteiger charge is -2.34. The fourth-order valence-corrected chi connectivity index (χ4v) is 11.4. The van der Waals surface area contributed by atoms with Crippen molar-refractivity contribution in [3.05, 3.63) is 320 Å². The lowest BCUT2D eigenvalue weighted by Crippen LogP contribution is -2.28. The molecule has 0 saturated carbocycles. The molecular formula is C71H49N. The average Bonchev–Trinajstić information content (AvgIpc) is 3.78. The van der Waals surface area contributed by atoms with Crippen molar-refractivity contribution >= 4 is 27.8 Å². The standard InChI is InChI=1S/C71H49N/c1-4-20-52(21-5-1)64-31-12-13-32-65(64)58-25-17-30-63(49-58)72(61-43-39-51(40-44-61)55-23-16-24-56(47-55)57-38-37-50-19-10-11-22-54(50)48-57)62-45-41-53(42-46-62)66-34-18-36-69-70(66)67-33-14-15-35-68(67)71(69,59-26-6-2-7-27-59)60-28-8-3-9-29-60/h1-49H. The van der Waals surface area contributed by atoms with Gasteiger partial charge in [-0.3, -0.25) is 0 Å². The highest BCUT2D eigenvalue weighted by Crippen LogP contribution is 2.58. The number of anilines is 3. The Kier molecular flexibility index (Phi) is 10.8. The minimum absolute atomic E-state index is 0.463. The Morgan fingerprint density at radius 1 is 0.222 bits per heavy atom. The fourth-order valence-electron chi connectivity index (χ4n) is 11.4. The Labute approximate surface area is 422 Å². The molecule has 0 saturated heterocycles. The molecule has 0 amide bonds. The van der Waals surface area contributed by atoms with E-state index in [2.05, 4.69) is 302 Å². The summed E-state index contributed by atoms with van der Waals surface area (Å²) in [5.74, 6) is 0. The van der Waals surface area contributed by atoms with Gasteiger partial charge in [-0.25, -0.2) is 0 Å². The van der Waals surface area contributed by atoms with Crippen LogP contribution in [0.25, 0.3) is 77.5 Å². The third-order valence-electron chi connectivity index (χ3n) is 14.8. The number of hydrogen-bond acceptors (Lipinski definition) is 1. The third kappa shape index (κ3) is 7.42. The normalized spacial score (nSPS) is 12.3. The van der Waals surface area contributed by atoms with Gasteiger partial charge in [0.1, 0.15) is 0 Å². The second kappa shape index (κ2) is 18.2. The van der Waals surface area contributed by atoms with Gasteiger partial charge in [-0.05, 0) is 148 Å². The summed E-state index contributed by atoms with van der Waals surface area (Å²) in [6.45, 7) is 0. The van der Waals surface area contributed by atoms with Gasteiger partial charge in [0, 0.05) is 17.1 Å².